The average Bonchev–Trinajstić information content (AvgIpc) is 2.41. The fourth-order valence-corrected chi connectivity index (χ4v) is 2.39. The molecule has 0 aliphatic rings. The monoisotopic (exact) mass is 286 g/mol. The van der Waals surface area contributed by atoms with Crippen molar-refractivity contribution in [2.75, 3.05) is 0 Å². The van der Waals surface area contributed by atoms with Crippen LogP contribution in [-0.4, -0.2) is 5.11 Å². The van der Waals surface area contributed by atoms with Gasteiger partial charge in [-0.1, -0.05) is 62.7 Å². The fourth-order valence-electron chi connectivity index (χ4n) is 2.39. The van der Waals surface area contributed by atoms with E-state index in [9.17, 15) is 9.50 Å². The molecule has 1 unspecified atom stereocenters. The average molecular weight is 286 g/mol. The lowest BCUT2D eigenvalue weighted by molar-refractivity contribution is 0.173. The molecule has 2 rings (SSSR count). The van der Waals surface area contributed by atoms with Crippen LogP contribution in [0.3, 0.4) is 0 Å². The minimum Gasteiger partial charge on any atom is -0.388 e. The predicted molar refractivity (Wildman–Crippen MR) is 84.9 cm³/mol. The van der Waals surface area contributed by atoms with Gasteiger partial charge in [0.1, 0.15) is 5.82 Å². The number of aliphatic hydroxyl groups is 1. The molecule has 0 heterocycles. The van der Waals surface area contributed by atoms with Gasteiger partial charge in [0, 0.05) is 12.0 Å². The second-order valence-electron chi connectivity index (χ2n) is 6.69. The van der Waals surface area contributed by atoms with E-state index >= 15 is 0 Å². The fraction of sp³-hybridized carbons (Fsp3) is 0.368. The van der Waals surface area contributed by atoms with Gasteiger partial charge < -0.3 is 5.11 Å². The Balaban J connectivity index is 2.16. The standard InChI is InChI=1S/C19H23FO/c1-13-5-10-17(20)16(11-13)18(21)12-14-6-8-15(9-7-14)19(2,3)4/h5-11,18,21H,12H2,1-4H3. The number of halogens is 1. The molecule has 1 nitrogen and oxygen atoms in total. The summed E-state index contributed by atoms with van der Waals surface area (Å²) in [5.74, 6) is -0.348. The van der Waals surface area contributed by atoms with Gasteiger partial charge in [-0.15, -0.1) is 0 Å². The number of rotatable bonds is 3. The Morgan fingerprint density at radius 2 is 1.67 bits per heavy atom. The quantitative estimate of drug-likeness (QED) is 0.866. The van der Waals surface area contributed by atoms with E-state index < -0.39 is 6.10 Å². The van der Waals surface area contributed by atoms with E-state index in [-0.39, 0.29) is 11.2 Å². The Morgan fingerprint density at radius 1 is 1.05 bits per heavy atom. The SMILES string of the molecule is Cc1ccc(F)c(C(O)Cc2ccc(C(C)(C)C)cc2)c1. The van der Waals surface area contributed by atoms with Gasteiger partial charge >= 0.3 is 0 Å². The minimum atomic E-state index is -0.814. The van der Waals surface area contributed by atoms with E-state index in [0.29, 0.717) is 12.0 Å². The summed E-state index contributed by atoms with van der Waals surface area (Å²) in [7, 11) is 0. The zero-order valence-corrected chi connectivity index (χ0v) is 13.2. The normalized spacial score (nSPS) is 13.2. The van der Waals surface area contributed by atoms with Crippen molar-refractivity contribution in [1.29, 1.82) is 0 Å². The van der Waals surface area contributed by atoms with Gasteiger partial charge in [0.25, 0.3) is 0 Å². The van der Waals surface area contributed by atoms with Crippen molar-refractivity contribution in [2.24, 2.45) is 0 Å². The first-order valence-electron chi connectivity index (χ1n) is 7.31. The highest BCUT2D eigenvalue weighted by atomic mass is 19.1. The van der Waals surface area contributed by atoms with Crippen LogP contribution in [0.25, 0.3) is 0 Å². The Kier molecular flexibility index (Phi) is 4.48. The van der Waals surface area contributed by atoms with E-state index in [2.05, 4.69) is 32.9 Å². The molecule has 0 aliphatic carbocycles. The highest BCUT2D eigenvalue weighted by molar-refractivity contribution is 5.30. The van der Waals surface area contributed by atoms with Crippen molar-refractivity contribution < 1.29 is 9.50 Å². The predicted octanol–water partition coefficient (Wildman–Crippen LogP) is 4.71. The van der Waals surface area contributed by atoms with Crippen LogP contribution in [0.5, 0.6) is 0 Å². The molecule has 0 aromatic heterocycles. The van der Waals surface area contributed by atoms with Crippen LogP contribution in [0.4, 0.5) is 4.39 Å². The van der Waals surface area contributed by atoms with Crippen molar-refractivity contribution in [2.45, 2.75) is 45.6 Å². The van der Waals surface area contributed by atoms with Gasteiger partial charge in [0.2, 0.25) is 0 Å². The van der Waals surface area contributed by atoms with E-state index in [1.807, 2.05) is 19.1 Å². The maximum absolute atomic E-state index is 13.8. The molecule has 0 saturated heterocycles. The summed E-state index contributed by atoms with van der Waals surface area (Å²) in [6, 6.07) is 13.0. The van der Waals surface area contributed by atoms with Crippen molar-refractivity contribution >= 4 is 0 Å². The van der Waals surface area contributed by atoms with Gasteiger partial charge in [-0.2, -0.15) is 0 Å². The van der Waals surface area contributed by atoms with Crippen LogP contribution < -0.4 is 0 Å². The lowest BCUT2D eigenvalue weighted by atomic mass is 9.86. The molecular formula is C19H23FO. The number of aliphatic hydroxyl groups excluding tert-OH is 1. The van der Waals surface area contributed by atoms with Crippen LogP contribution >= 0.6 is 0 Å². The summed E-state index contributed by atoms with van der Waals surface area (Å²) in [4.78, 5) is 0. The summed E-state index contributed by atoms with van der Waals surface area (Å²) in [6.45, 7) is 8.39. The molecule has 112 valence electrons. The maximum Gasteiger partial charge on any atom is 0.129 e. The van der Waals surface area contributed by atoms with Gasteiger partial charge in [-0.3, -0.25) is 0 Å². The summed E-state index contributed by atoms with van der Waals surface area (Å²) in [6.07, 6.45) is -0.393. The first-order chi connectivity index (χ1) is 9.77. The first-order valence-corrected chi connectivity index (χ1v) is 7.31. The summed E-state index contributed by atoms with van der Waals surface area (Å²) in [5, 5.41) is 10.3. The Labute approximate surface area is 126 Å². The number of hydrogen-bond acceptors (Lipinski definition) is 1. The van der Waals surface area contributed by atoms with Gasteiger partial charge in [0.05, 0.1) is 6.10 Å². The lowest BCUT2D eigenvalue weighted by Crippen LogP contribution is -2.11. The van der Waals surface area contributed by atoms with Crippen molar-refractivity contribution in [3.63, 3.8) is 0 Å². The van der Waals surface area contributed by atoms with E-state index in [1.54, 1.807) is 12.1 Å². The Morgan fingerprint density at radius 3 is 2.24 bits per heavy atom. The van der Waals surface area contributed by atoms with Gasteiger partial charge in [-0.25, -0.2) is 4.39 Å². The molecule has 0 radical (unpaired) electrons. The minimum absolute atomic E-state index is 0.111. The molecule has 0 bridgehead atoms. The van der Waals surface area contributed by atoms with Crippen LogP contribution in [-0.2, 0) is 11.8 Å². The van der Waals surface area contributed by atoms with Gasteiger partial charge in [-0.05, 0) is 29.5 Å². The smallest absolute Gasteiger partial charge is 0.129 e. The third-order valence-corrected chi connectivity index (χ3v) is 3.76. The molecule has 0 amide bonds. The molecule has 0 spiro atoms. The summed E-state index contributed by atoms with van der Waals surface area (Å²) >= 11 is 0. The third-order valence-electron chi connectivity index (χ3n) is 3.76. The van der Waals surface area contributed by atoms with Crippen molar-refractivity contribution in [1.82, 2.24) is 0 Å². The highest BCUT2D eigenvalue weighted by Gasteiger charge is 2.16. The second-order valence-corrected chi connectivity index (χ2v) is 6.69. The molecule has 2 heteroatoms. The molecular weight excluding hydrogens is 263 g/mol. The van der Waals surface area contributed by atoms with Crippen LogP contribution in [0.2, 0.25) is 0 Å². The highest BCUT2D eigenvalue weighted by Crippen LogP contribution is 2.25. The topological polar surface area (TPSA) is 20.2 Å². The molecule has 0 aliphatic heterocycles. The largest absolute Gasteiger partial charge is 0.388 e. The van der Waals surface area contributed by atoms with Gasteiger partial charge in [0.15, 0.2) is 0 Å². The molecule has 2 aromatic carbocycles. The molecule has 0 fully saturated rings. The zero-order chi connectivity index (χ0) is 15.6. The number of benzene rings is 2. The van der Waals surface area contributed by atoms with Crippen molar-refractivity contribution in [3.8, 4) is 0 Å². The molecule has 1 atom stereocenters. The zero-order valence-electron chi connectivity index (χ0n) is 13.2. The van der Waals surface area contributed by atoms with E-state index in [1.165, 1.54) is 11.6 Å². The molecule has 21 heavy (non-hydrogen) atoms. The second kappa shape index (κ2) is 5.98. The maximum atomic E-state index is 13.8. The van der Waals surface area contributed by atoms with E-state index in [4.69, 9.17) is 0 Å². The first kappa shape index (κ1) is 15.7. The van der Waals surface area contributed by atoms with Crippen LogP contribution in [0.15, 0.2) is 42.5 Å². The third kappa shape index (κ3) is 3.92. The lowest BCUT2D eigenvalue weighted by Gasteiger charge is -2.19. The van der Waals surface area contributed by atoms with E-state index in [0.717, 1.165) is 11.1 Å². The van der Waals surface area contributed by atoms with Crippen molar-refractivity contribution in [3.05, 3.63) is 70.5 Å². The summed E-state index contributed by atoms with van der Waals surface area (Å²) < 4.78 is 13.8. The van der Waals surface area contributed by atoms with Crippen LogP contribution in [0, 0.1) is 12.7 Å². The Hall–Kier alpha value is -1.67. The Bertz CT molecular complexity index is 608. The number of aryl methyl sites for hydroxylation is 1. The number of hydrogen-bond donors (Lipinski definition) is 1. The molecule has 0 saturated carbocycles. The van der Waals surface area contributed by atoms with Crippen LogP contribution in [0.1, 0.15) is 49.1 Å². The molecule has 2 aromatic rings. The summed E-state index contributed by atoms with van der Waals surface area (Å²) in [5.41, 5.74) is 3.70. The molecule has 1 N–H and O–H groups in total.